The molecule has 1 fully saturated rings. The van der Waals surface area contributed by atoms with Gasteiger partial charge in [-0.3, -0.25) is 0 Å². The molecule has 114 valence electrons. The van der Waals surface area contributed by atoms with Crippen LogP contribution in [0.25, 0.3) is 0 Å². The average Bonchev–Trinajstić information content (AvgIpc) is 2.36. The Bertz CT molecular complexity index is 391. The summed E-state index contributed by atoms with van der Waals surface area (Å²) in [7, 11) is -2.89. The van der Waals surface area contributed by atoms with Gasteiger partial charge in [-0.25, -0.2) is 0 Å². The van der Waals surface area contributed by atoms with Crippen molar-refractivity contribution in [3.05, 3.63) is 0 Å². The zero-order valence-electron chi connectivity index (χ0n) is 10.8. The smallest absolute Gasteiger partial charge is 0.329 e. The van der Waals surface area contributed by atoms with Gasteiger partial charge in [0.15, 0.2) is 0 Å². The number of hydrogen-bond donors (Lipinski definition) is 2. The molecule has 0 aromatic rings. The number of nitrogens with zero attached hydrogens (tertiary/aromatic N) is 1. The molecule has 3 N–H and O–H groups in total. The Morgan fingerprint density at radius 3 is 2.21 bits per heavy atom. The summed E-state index contributed by atoms with van der Waals surface area (Å²) in [4.78, 5) is 0. The molecule has 0 unspecified atom stereocenters. The number of hydrogen-bond acceptors (Lipinski definition) is 3. The minimum atomic E-state index is -4.57. The zero-order chi connectivity index (χ0) is 14.7. The largest absolute Gasteiger partial charge is 0.402 e. The number of likely N-dealkylation sites (N-methyl/N-ethyl adjacent to an activating group) is 1. The van der Waals surface area contributed by atoms with Crippen LogP contribution < -0.4 is 10.5 Å². The van der Waals surface area contributed by atoms with Gasteiger partial charge in [-0.15, -0.1) is 0 Å². The van der Waals surface area contributed by atoms with Gasteiger partial charge in [-0.05, 0) is 12.8 Å². The topological polar surface area (TPSA) is 75.4 Å². The van der Waals surface area contributed by atoms with Crippen molar-refractivity contribution in [1.82, 2.24) is 9.03 Å². The van der Waals surface area contributed by atoms with Gasteiger partial charge < -0.3 is 5.73 Å². The molecular formula is C10H20F3N3O2S. The molecule has 1 rings (SSSR count). The molecule has 0 bridgehead atoms. The van der Waals surface area contributed by atoms with Crippen LogP contribution in [0.15, 0.2) is 0 Å². The maximum Gasteiger partial charge on any atom is 0.402 e. The normalized spacial score (nSPS) is 20.7. The summed E-state index contributed by atoms with van der Waals surface area (Å²) in [5, 5.41) is 0. The maximum absolute atomic E-state index is 12.1. The minimum Gasteiger partial charge on any atom is -0.329 e. The number of nitrogens with one attached hydrogen (secondary N) is 1. The summed E-state index contributed by atoms with van der Waals surface area (Å²) in [5.74, 6) is 0. The fourth-order valence-electron chi connectivity index (χ4n) is 2.38. The summed E-state index contributed by atoms with van der Waals surface area (Å²) in [5.41, 5.74) is 4.89. The molecule has 1 aliphatic carbocycles. The van der Waals surface area contributed by atoms with Crippen molar-refractivity contribution in [3.63, 3.8) is 0 Å². The van der Waals surface area contributed by atoms with Gasteiger partial charge in [0.1, 0.15) is 6.54 Å². The highest BCUT2D eigenvalue weighted by atomic mass is 32.2. The van der Waals surface area contributed by atoms with E-state index in [-0.39, 0.29) is 6.54 Å². The van der Waals surface area contributed by atoms with Gasteiger partial charge in [0.2, 0.25) is 0 Å². The molecule has 1 saturated carbocycles. The van der Waals surface area contributed by atoms with Crippen LogP contribution in [-0.4, -0.2) is 44.6 Å². The van der Waals surface area contributed by atoms with Crippen molar-refractivity contribution in [2.75, 3.05) is 20.1 Å². The van der Waals surface area contributed by atoms with Gasteiger partial charge in [-0.2, -0.15) is 30.6 Å². The quantitative estimate of drug-likeness (QED) is 0.795. The van der Waals surface area contributed by atoms with E-state index < -0.39 is 28.5 Å². The Labute approximate surface area is 111 Å². The molecule has 0 atom stereocenters. The second kappa shape index (κ2) is 5.94. The predicted octanol–water partition coefficient (Wildman–Crippen LogP) is 0.976. The standard InChI is InChI=1S/C10H20F3N3O2S/c1-16(9(7-14)5-3-2-4-6-9)19(17,18)15-8-10(11,12)13/h15H,2-8,14H2,1H3. The SMILES string of the molecule is CN(C1(CN)CCCCC1)S(=O)(=O)NCC(F)(F)F. The number of halogens is 3. The summed E-state index contributed by atoms with van der Waals surface area (Å²) >= 11 is 0. The number of alkyl halides is 3. The average molecular weight is 303 g/mol. The third kappa shape index (κ3) is 4.30. The fourth-order valence-corrected chi connectivity index (χ4v) is 3.69. The number of nitrogens with two attached hydrogens (primary N) is 1. The van der Waals surface area contributed by atoms with Crippen LogP contribution in [0.3, 0.4) is 0 Å². The van der Waals surface area contributed by atoms with E-state index in [0.717, 1.165) is 23.6 Å². The van der Waals surface area contributed by atoms with Crippen molar-refractivity contribution >= 4 is 10.2 Å². The lowest BCUT2D eigenvalue weighted by molar-refractivity contribution is -0.121. The summed E-state index contributed by atoms with van der Waals surface area (Å²) in [6.45, 7) is -1.46. The third-order valence-corrected chi connectivity index (χ3v) is 5.27. The predicted molar refractivity (Wildman–Crippen MR) is 65.6 cm³/mol. The Morgan fingerprint density at radius 1 is 1.26 bits per heavy atom. The van der Waals surface area contributed by atoms with E-state index in [2.05, 4.69) is 0 Å². The maximum atomic E-state index is 12.1. The molecule has 0 aromatic carbocycles. The molecule has 0 heterocycles. The Kier molecular flexibility index (Phi) is 5.21. The van der Waals surface area contributed by atoms with E-state index >= 15 is 0 Å². The molecule has 1 aliphatic rings. The van der Waals surface area contributed by atoms with E-state index in [9.17, 15) is 21.6 Å². The second-order valence-electron chi connectivity index (χ2n) is 4.90. The van der Waals surface area contributed by atoms with Crippen LogP contribution in [0.4, 0.5) is 13.2 Å². The molecular weight excluding hydrogens is 283 g/mol. The van der Waals surface area contributed by atoms with E-state index in [1.165, 1.54) is 7.05 Å². The summed E-state index contributed by atoms with van der Waals surface area (Å²) in [6, 6.07) is 0. The van der Waals surface area contributed by atoms with E-state index in [4.69, 9.17) is 5.73 Å². The highest BCUT2D eigenvalue weighted by molar-refractivity contribution is 7.87. The zero-order valence-corrected chi connectivity index (χ0v) is 11.6. The van der Waals surface area contributed by atoms with Gasteiger partial charge in [0, 0.05) is 19.1 Å². The van der Waals surface area contributed by atoms with Crippen LogP contribution in [0.2, 0.25) is 0 Å². The van der Waals surface area contributed by atoms with Crippen molar-refractivity contribution < 1.29 is 21.6 Å². The Balaban J connectivity index is 2.81. The first-order valence-electron chi connectivity index (χ1n) is 6.13. The van der Waals surface area contributed by atoms with Crippen molar-refractivity contribution in [2.24, 2.45) is 5.73 Å². The van der Waals surface area contributed by atoms with E-state index in [1.807, 2.05) is 0 Å². The Morgan fingerprint density at radius 2 is 1.79 bits per heavy atom. The van der Waals surface area contributed by atoms with Crippen LogP contribution >= 0.6 is 0 Å². The lowest BCUT2D eigenvalue weighted by atomic mass is 9.82. The molecule has 19 heavy (non-hydrogen) atoms. The molecule has 0 spiro atoms. The van der Waals surface area contributed by atoms with Gasteiger partial charge in [-0.1, -0.05) is 19.3 Å². The monoisotopic (exact) mass is 303 g/mol. The van der Waals surface area contributed by atoms with Gasteiger partial charge in [0.25, 0.3) is 10.2 Å². The van der Waals surface area contributed by atoms with Crippen molar-refractivity contribution in [1.29, 1.82) is 0 Å². The lowest BCUT2D eigenvalue weighted by Crippen LogP contribution is -2.58. The third-order valence-electron chi connectivity index (χ3n) is 3.65. The molecule has 0 saturated heterocycles. The summed E-state index contributed by atoms with van der Waals surface area (Å²) < 4.78 is 62.6. The highest BCUT2D eigenvalue weighted by Gasteiger charge is 2.42. The summed E-state index contributed by atoms with van der Waals surface area (Å²) in [6.07, 6.45) is -0.769. The Hall–Kier alpha value is -0.380. The first kappa shape index (κ1) is 16.7. The first-order chi connectivity index (χ1) is 8.63. The van der Waals surface area contributed by atoms with Crippen LogP contribution in [0.1, 0.15) is 32.1 Å². The fraction of sp³-hybridized carbons (Fsp3) is 1.00. The molecule has 0 amide bonds. The lowest BCUT2D eigenvalue weighted by Gasteiger charge is -2.42. The van der Waals surface area contributed by atoms with Crippen LogP contribution in [0, 0.1) is 0 Å². The molecule has 0 aliphatic heterocycles. The van der Waals surface area contributed by atoms with Gasteiger partial charge >= 0.3 is 6.18 Å². The van der Waals surface area contributed by atoms with Crippen molar-refractivity contribution in [3.8, 4) is 0 Å². The van der Waals surface area contributed by atoms with Crippen molar-refractivity contribution in [2.45, 2.75) is 43.8 Å². The van der Waals surface area contributed by atoms with Gasteiger partial charge in [0.05, 0.1) is 0 Å². The van der Waals surface area contributed by atoms with E-state index in [1.54, 1.807) is 4.72 Å². The molecule has 9 heteroatoms. The second-order valence-corrected chi connectivity index (χ2v) is 6.68. The van der Waals surface area contributed by atoms with Crippen LogP contribution in [0.5, 0.6) is 0 Å². The first-order valence-corrected chi connectivity index (χ1v) is 7.57. The molecule has 5 nitrogen and oxygen atoms in total. The highest BCUT2D eigenvalue weighted by Crippen LogP contribution is 2.33. The number of rotatable bonds is 5. The molecule has 0 radical (unpaired) electrons. The molecule has 0 aromatic heterocycles. The van der Waals surface area contributed by atoms with E-state index in [0.29, 0.717) is 12.8 Å². The minimum absolute atomic E-state index is 0.108. The van der Waals surface area contributed by atoms with Crippen LogP contribution in [-0.2, 0) is 10.2 Å².